The standard InChI is InChI=1S/C17H25N7O/c1-17(2)9-10-5-8-12(21-13(10)23-14(17)25)22-16(19-4)24-15(18-3)20-11-6-7-11/h5,8,11,14,25H,3,6-7,9H2,1-2,4H3,(H3,19,20,21,22,23,24). The summed E-state index contributed by atoms with van der Waals surface area (Å²) in [6, 6.07) is 4.23. The number of guanidine groups is 2. The molecule has 0 amide bonds. The van der Waals surface area contributed by atoms with Gasteiger partial charge in [0.05, 0.1) is 6.04 Å². The second-order valence-electron chi connectivity index (χ2n) is 7.08. The minimum Gasteiger partial charge on any atom is -0.373 e. The van der Waals surface area contributed by atoms with Gasteiger partial charge in [0.2, 0.25) is 11.9 Å². The molecule has 1 unspecified atom stereocenters. The van der Waals surface area contributed by atoms with Crippen LogP contribution in [0.4, 0.5) is 11.6 Å². The maximum Gasteiger partial charge on any atom is 0.224 e. The van der Waals surface area contributed by atoms with Gasteiger partial charge >= 0.3 is 0 Å². The Morgan fingerprint density at radius 3 is 2.80 bits per heavy atom. The van der Waals surface area contributed by atoms with Gasteiger partial charge in [-0.1, -0.05) is 19.9 Å². The molecular formula is C17H25N7O. The van der Waals surface area contributed by atoms with Gasteiger partial charge < -0.3 is 15.7 Å². The van der Waals surface area contributed by atoms with E-state index in [-0.39, 0.29) is 5.41 Å². The highest BCUT2D eigenvalue weighted by Crippen LogP contribution is 2.35. The van der Waals surface area contributed by atoms with Gasteiger partial charge in [-0.2, -0.15) is 0 Å². The Balaban J connectivity index is 1.72. The van der Waals surface area contributed by atoms with E-state index in [4.69, 9.17) is 0 Å². The molecule has 3 rings (SSSR count). The first-order valence-electron chi connectivity index (χ1n) is 8.41. The smallest absolute Gasteiger partial charge is 0.224 e. The Bertz CT molecular complexity index is 722. The molecule has 0 aromatic carbocycles. The van der Waals surface area contributed by atoms with Gasteiger partial charge in [0.15, 0.2) is 0 Å². The number of nitrogens with zero attached hydrogens (tertiary/aromatic N) is 4. The predicted molar refractivity (Wildman–Crippen MR) is 101 cm³/mol. The molecule has 1 fully saturated rings. The topological polar surface area (TPSA) is 106 Å². The summed E-state index contributed by atoms with van der Waals surface area (Å²) in [5.74, 6) is 2.22. The highest BCUT2D eigenvalue weighted by molar-refractivity contribution is 6.05. The fourth-order valence-electron chi connectivity index (χ4n) is 2.60. The van der Waals surface area contributed by atoms with E-state index in [1.165, 1.54) is 0 Å². The van der Waals surface area contributed by atoms with Crippen LogP contribution >= 0.6 is 0 Å². The minimum atomic E-state index is -0.637. The summed E-state index contributed by atoms with van der Waals surface area (Å²) in [5, 5.41) is 19.4. The quantitative estimate of drug-likeness (QED) is 0.482. The summed E-state index contributed by atoms with van der Waals surface area (Å²) in [6.45, 7) is 7.58. The molecule has 1 aliphatic carbocycles. The number of pyridine rings is 1. The average Bonchev–Trinajstić information content (AvgIpc) is 3.38. The van der Waals surface area contributed by atoms with E-state index in [1.807, 2.05) is 26.0 Å². The van der Waals surface area contributed by atoms with Gasteiger partial charge in [-0.25, -0.2) is 15.0 Å². The van der Waals surface area contributed by atoms with Crippen molar-refractivity contribution in [2.45, 2.75) is 45.4 Å². The highest BCUT2D eigenvalue weighted by Gasteiger charge is 2.34. The number of aliphatic imine (C=N–C) groups is 3. The molecule has 0 bridgehead atoms. The molecule has 8 heteroatoms. The predicted octanol–water partition coefficient (Wildman–Crippen LogP) is 1.60. The van der Waals surface area contributed by atoms with E-state index in [1.54, 1.807) is 7.05 Å². The summed E-state index contributed by atoms with van der Waals surface area (Å²) < 4.78 is 0. The average molecular weight is 343 g/mol. The van der Waals surface area contributed by atoms with Crippen LogP contribution in [0.25, 0.3) is 0 Å². The molecule has 0 spiro atoms. The van der Waals surface area contributed by atoms with Crippen molar-refractivity contribution in [2.24, 2.45) is 20.4 Å². The van der Waals surface area contributed by atoms with Crippen LogP contribution in [0, 0.1) is 5.41 Å². The zero-order chi connectivity index (χ0) is 18.0. The largest absolute Gasteiger partial charge is 0.373 e. The molecule has 1 aliphatic heterocycles. The van der Waals surface area contributed by atoms with Crippen molar-refractivity contribution >= 4 is 30.3 Å². The molecule has 8 nitrogen and oxygen atoms in total. The van der Waals surface area contributed by atoms with Gasteiger partial charge in [-0.15, -0.1) is 0 Å². The van der Waals surface area contributed by atoms with E-state index >= 15 is 0 Å². The molecule has 4 N–H and O–H groups in total. The summed E-state index contributed by atoms with van der Waals surface area (Å²) in [6.07, 6.45) is 2.30. The van der Waals surface area contributed by atoms with Gasteiger partial charge in [0.1, 0.15) is 17.9 Å². The van der Waals surface area contributed by atoms with E-state index in [2.05, 4.69) is 42.6 Å². The normalized spacial score (nSPS) is 22.6. The number of aromatic nitrogens is 1. The van der Waals surface area contributed by atoms with Crippen molar-refractivity contribution in [3.05, 3.63) is 17.7 Å². The fraction of sp³-hybridized carbons (Fsp3) is 0.529. The molecule has 0 saturated heterocycles. The Hall–Kier alpha value is -2.48. The third-order valence-electron chi connectivity index (χ3n) is 4.34. The second kappa shape index (κ2) is 6.79. The van der Waals surface area contributed by atoms with Crippen LogP contribution in [0.5, 0.6) is 0 Å². The monoisotopic (exact) mass is 343 g/mol. The Morgan fingerprint density at radius 2 is 2.16 bits per heavy atom. The van der Waals surface area contributed by atoms with E-state index in [0.29, 0.717) is 29.6 Å². The molecule has 1 atom stereocenters. The number of aliphatic hydroxyl groups is 1. The van der Waals surface area contributed by atoms with E-state index in [9.17, 15) is 5.11 Å². The van der Waals surface area contributed by atoms with Gasteiger partial charge in [-0.3, -0.25) is 10.3 Å². The SMILES string of the molecule is C=NC(=NC1CC1)NC(=NC)Nc1ccc2c(n1)NC(O)C(C)(C)C2. The molecule has 2 heterocycles. The Labute approximate surface area is 147 Å². The molecule has 1 aromatic rings. The van der Waals surface area contributed by atoms with Crippen molar-refractivity contribution < 1.29 is 5.11 Å². The van der Waals surface area contributed by atoms with Crippen molar-refractivity contribution in [1.82, 2.24) is 10.3 Å². The van der Waals surface area contributed by atoms with Crippen LogP contribution in [0.15, 0.2) is 27.1 Å². The summed E-state index contributed by atoms with van der Waals surface area (Å²) in [7, 11) is 1.66. The second-order valence-corrected chi connectivity index (χ2v) is 7.08. The fourth-order valence-corrected chi connectivity index (χ4v) is 2.60. The first-order valence-corrected chi connectivity index (χ1v) is 8.41. The number of fused-ring (bicyclic) bond motifs is 1. The molecule has 134 valence electrons. The minimum absolute atomic E-state index is 0.231. The zero-order valence-corrected chi connectivity index (χ0v) is 14.9. The number of anilines is 2. The molecule has 25 heavy (non-hydrogen) atoms. The Kier molecular flexibility index (Phi) is 4.71. The van der Waals surface area contributed by atoms with Crippen LogP contribution in [0.2, 0.25) is 0 Å². The zero-order valence-electron chi connectivity index (χ0n) is 14.9. The third-order valence-corrected chi connectivity index (χ3v) is 4.34. The molecule has 1 saturated carbocycles. The summed E-state index contributed by atoms with van der Waals surface area (Å²) >= 11 is 0. The van der Waals surface area contributed by atoms with Crippen LogP contribution in [0.1, 0.15) is 32.3 Å². The Morgan fingerprint density at radius 1 is 1.40 bits per heavy atom. The summed E-state index contributed by atoms with van der Waals surface area (Å²) in [5.41, 5.74) is 0.845. The molecule has 1 aromatic heterocycles. The van der Waals surface area contributed by atoms with Crippen LogP contribution in [0.3, 0.4) is 0 Å². The molecule has 0 radical (unpaired) electrons. The highest BCUT2D eigenvalue weighted by atomic mass is 16.3. The maximum absolute atomic E-state index is 10.2. The van der Waals surface area contributed by atoms with Crippen molar-refractivity contribution in [1.29, 1.82) is 0 Å². The van der Waals surface area contributed by atoms with Gasteiger partial charge in [0, 0.05) is 12.5 Å². The molecular weight excluding hydrogens is 318 g/mol. The number of hydrogen-bond acceptors (Lipinski definition) is 5. The first-order chi connectivity index (χ1) is 11.9. The number of nitrogens with one attached hydrogen (secondary N) is 3. The summed E-state index contributed by atoms with van der Waals surface area (Å²) in [4.78, 5) is 17.0. The van der Waals surface area contributed by atoms with Crippen molar-refractivity contribution in [3.63, 3.8) is 0 Å². The van der Waals surface area contributed by atoms with Gasteiger partial charge in [0.25, 0.3) is 0 Å². The first kappa shape index (κ1) is 17.3. The molecule has 2 aliphatic rings. The third kappa shape index (κ3) is 4.14. The lowest BCUT2D eigenvalue weighted by atomic mass is 9.81. The lowest BCUT2D eigenvalue weighted by molar-refractivity contribution is 0.0681. The number of aliphatic hydroxyl groups excluding tert-OH is 1. The lowest BCUT2D eigenvalue weighted by Gasteiger charge is -2.36. The van der Waals surface area contributed by atoms with Crippen LogP contribution in [-0.4, -0.2) is 48.0 Å². The van der Waals surface area contributed by atoms with Crippen LogP contribution in [-0.2, 0) is 6.42 Å². The maximum atomic E-state index is 10.2. The van der Waals surface area contributed by atoms with Gasteiger partial charge in [-0.05, 0) is 37.6 Å². The van der Waals surface area contributed by atoms with Crippen LogP contribution < -0.4 is 16.0 Å². The number of rotatable bonds is 2. The van der Waals surface area contributed by atoms with E-state index < -0.39 is 6.23 Å². The van der Waals surface area contributed by atoms with Crippen molar-refractivity contribution in [3.8, 4) is 0 Å². The lowest BCUT2D eigenvalue weighted by Crippen LogP contribution is -2.42. The van der Waals surface area contributed by atoms with E-state index in [0.717, 1.165) is 24.8 Å². The number of hydrogen-bond donors (Lipinski definition) is 4. The van der Waals surface area contributed by atoms with Crippen molar-refractivity contribution in [2.75, 3.05) is 17.7 Å².